The highest BCUT2D eigenvalue weighted by atomic mass is 32.1. The summed E-state index contributed by atoms with van der Waals surface area (Å²) in [5, 5.41) is 0.778. The second-order valence-electron chi connectivity index (χ2n) is 5.30. The molecule has 1 fully saturated rings. The lowest BCUT2D eigenvalue weighted by Gasteiger charge is -2.07. The molecule has 3 nitrogen and oxygen atoms in total. The number of rotatable bonds is 2. The molecule has 1 aliphatic rings. The van der Waals surface area contributed by atoms with Crippen molar-refractivity contribution in [1.29, 1.82) is 0 Å². The van der Waals surface area contributed by atoms with Crippen molar-refractivity contribution in [2.75, 3.05) is 5.73 Å². The molecule has 0 aliphatic heterocycles. The van der Waals surface area contributed by atoms with E-state index in [4.69, 9.17) is 5.73 Å². The van der Waals surface area contributed by atoms with Gasteiger partial charge in [0.25, 0.3) is 0 Å². The number of thiophene rings is 1. The molecule has 20 heavy (non-hydrogen) atoms. The standard InChI is InChI=1S/C15H14FN3S/c1-8-6-11(14(17)20-8)15-18-12-5-2-9(16)7-13(12)19(15)10-3-4-10/h2,5-7,10H,3-4,17H2,1H3. The Kier molecular flexibility index (Phi) is 2.41. The number of nitrogens with zero attached hydrogens (tertiary/aromatic N) is 2. The Morgan fingerprint density at radius 1 is 1.35 bits per heavy atom. The number of nitrogens with two attached hydrogens (primary N) is 1. The van der Waals surface area contributed by atoms with E-state index < -0.39 is 0 Å². The lowest BCUT2D eigenvalue weighted by atomic mass is 10.2. The maximum Gasteiger partial charge on any atom is 0.144 e. The largest absolute Gasteiger partial charge is 0.390 e. The summed E-state index contributed by atoms with van der Waals surface area (Å²) in [5.41, 5.74) is 8.77. The molecular formula is C15H14FN3S. The lowest BCUT2D eigenvalue weighted by Crippen LogP contribution is -1.98. The molecule has 2 aromatic heterocycles. The predicted octanol–water partition coefficient (Wildman–Crippen LogP) is 4.13. The Labute approximate surface area is 119 Å². The summed E-state index contributed by atoms with van der Waals surface area (Å²) < 4.78 is 15.7. The zero-order chi connectivity index (χ0) is 13.9. The Morgan fingerprint density at radius 2 is 2.15 bits per heavy atom. The maximum atomic E-state index is 13.5. The Morgan fingerprint density at radius 3 is 2.80 bits per heavy atom. The zero-order valence-corrected chi connectivity index (χ0v) is 11.9. The Balaban J connectivity index is 2.03. The van der Waals surface area contributed by atoms with E-state index >= 15 is 0 Å². The van der Waals surface area contributed by atoms with E-state index in [1.807, 2.05) is 6.92 Å². The van der Waals surface area contributed by atoms with E-state index in [1.165, 1.54) is 6.07 Å². The Bertz CT molecular complexity index is 814. The first-order valence-corrected chi connectivity index (χ1v) is 7.49. The van der Waals surface area contributed by atoms with Crippen molar-refractivity contribution >= 4 is 27.4 Å². The third kappa shape index (κ3) is 1.73. The molecule has 4 rings (SSSR count). The van der Waals surface area contributed by atoms with Gasteiger partial charge in [0.05, 0.1) is 21.6 Å². The van der Waals surface area contributed by atoms with Crippen LogP contribution in [0, 0.1) is 12.7 Å². The van der Waals surface area contributed by atoms with Crippen LogP contribution < -0.4 is 5.73 Å². The fraction of sp³-hybridized carbons (Fsp3) is 0.267. The van der Waals surface area contributed by atoms with Crippen molar-refractivity contribution < 1.29 is 4.39 Å². The van der Waals surface area contributed by atoms with Gasteiger partial charge >= 0.3 is 0 Å². The van der Waals surface area contributed by atoms with Gasteiger partial charge in [-0.1, -0.05) is 0 Å². The maximum absolute atomic E-state index is 13.5. The number of benzene rings is 1. The molecule has 0 bridgehead atoms. The third-order valence-corrected chi connectivity index (χ3v) is 4.57. The fourth-order valence-electron chi connectivity index (χ4n) is 2.67. The summed E-state index contributed by atoms with van der Waals surface area (Å²) in [5.74, 6) is 0.648. The SMILES string of the molecule is Cc1cc(-c2nc3ccc(F)cc3n2C2CC2)c(N)s1. The number of aryl methyl sites for hydroxylation is 1. The lowest BCUT2D eigenvalue weighted by molar-refractivity contribution is 0.628. The highest BCUT2D eigenvalue weighted by Crippen LogP contribution is 2.43. The molecule has 0 unspecified atom stereocenters. The number of aromatic nitrogens is 2. The second-order valence-corrected chi connectivity index (χ2v) is 6.59. The van der Waals surface area contributed by atoms with Crippen molar-refractivity contribution in [3.05, 3.63) is 35.0 Å². The molecular weight excluding hydrogens is 273 g/mol. The van der Waals surface area contributed by atoms with Gasteiger partial charge in [-0.25, -0.2) is 9.37 Å². The number of halogens is 1. The van der Waals surface area contributed by atoms with Gasteiger partial charge in [-0.15, -0.1) is 11.3 Å². The molecule has 0 radical (unpaired) electrons. The van der Waals surface area contributed by atoms with E-state index in [2.05, 4.69) is 15.6 Å². The summed E-state index contributed by atoms with van der Waals surface area (Å²) in [7, 11) is 0. The van der Waals surface area contributed by atoms with Crippen LogP contribution in [0.5, 0.6) is 0 Å². The fourth-order valence-corrected chi connectivity index (χ4v) is 3.45. The van der Waals surface area contributed by atoms with E-state index in [-0.39, 0.29) is 5.82 Å². The van der Waals surface area contributed by atoms with Gasteiger partial charge in [0, 0.05) is 10.9 Å². The minimum absolute atomic E-state index is 0.222. The second kappa shape index (κ2) is 4.06. The van der Waals surface area contributed by atoms with Crippen LogP contribution in [0.25, 0.3) is 22.4 Å². The third-order valence-electron chi connectivity index (χ3n) is 3.69. The van der Waals surface area contributed by atoms with Gasteiger partial charge in [-0.2, -0.15) is 0 Å². The van der Waals surface area contributed by atoms with Crippen molar-refractivity contribution in [3.8, 4) is 11.4 Å². The monoisotopic (exact) mass is 287 g/mol. The predicted molar refractivity (Wildman–Crippen MR) is 80.4 cm³/mol. The van der Waals surface area contributed by atoms with E-state index in [0.29, 0.717) is 6.04 Å². The van der Waals surface area contributed by atoms with Crippen LogP contribution in [-0.4, -0.2) is 9.55 Å². The van der Waals surface area contributed by atoms with Gasteiger partial charge in [-0.3, -0.25) is 0 Å². The number of nitrogen functional groups attached to an aromatic ring is 1. The van der Waals surface area contributed by atoms with Crippen molar-refractivity contribution in [2.24, 2.45) is 0 Å². The average Bonchev–Trinajstić information content (AvgIpc) is 3.08. The van der Waals surface area contributed by atoms with Crippen LogP contribution >= 0.6 is 11.3 Å². The van der Waals surface area contributed by atoms with Crippen LogP contribution in [-0.2, 0) is 0 Å². The molecule has 1 aromatic carbocycles. The number of fused-ring (bicyclic) bond motifs is 1. The van der Waals surface area contributed by atoms with E-state index in [0.717, 1.165) is 45.1 Å². The zero-order valence-electron chi connectivity index (χ0n) is 11.1. The van der Waals surface area contributed by atoms with Crippen molar-refractivity contribution in [1.82, 2.24) is 9.55 Å². The van der Waals surface area contributed by atoms with Crippen molar-refractivity contribution in [3.63, 3.8) is 0 Å². The van der Waals surface area contributed by atoms with Crippen LogP contribution in [0.3, 0.4) is 0 Å². The first-order chi connectivity index (χ1) is 9.63. The quantitative estimate of drug-likeness (QED) is 0.770. The molecule has 1 aliphatic carbocycles. The molecule has 0 atom stereocenters. The van der Waals surface area contributed by atoms with Gasteiger partial charge in [-0.05, 0) is 44.0 Å². The molecule has 0 amide bonds. The van der Waals surface area contributed by atoms with Gasteiger partial charge in [0.2, 0.25) is 0 Å². The molecule has 1 saturated carbocycles. The summed E-state index contributed by atoms with van der Waals surface area (Å²) in [6.07, 6.45) is 2.25. The molecule has 3 aromatic rings. The molecule has 102 valence electrons. The summed E-state index contributed by atoms with van der Waals surface area (Å²) in [6.45, 7) is 2.04. The van der Waals surface area contributed by atoms with Gasteiger partial charge in [0.15, 0.2) is 0 Å². The number of anilines is 1. The van der Waals surface area contributed by atoms with Crippen LogP contribution in [0.1, 0.15) is 23.8 Å². The number of hydrogen-bond acceptors (Lipinski definition) is 3. The van der Waals surface area contributed by atoms with Crippen LogP contribution in [0.4, 0.5) is 9.39 Å². The normalized spacial score (nSPS) is 15.1. The van der Waals surface area contributed by atoms with Gasteiger partial charge in [0.1, 0.15) is 11.6 Å². The molecule has 2 heterocycles. The molecule has 2 N–H and O–H groups in total. The highest BCUT2D eigenvalue weighted by Gasteiger charge is 2.29. The number of imidazole rings is 1. The molecule has 0 saturated heterocycles. The minimum atomic E-state index is -0.222. The van der Waals surface area contributed by atoms with Gasteiger partial charge < -0.3 is 10.3 Å². The average molecular weight is 287 g/mol. The van der Waals surface area contributed by atoms with E-state index in [9.17, 15) is 4.39 Å². The molecule has 5 heteroatoms. The Hall–Kier alpha value is -1.88. The van der Waals surface area contributed by atoms with E-state index in [1.54, 1.807) is 23.5 Å². The molecule has 0 spiro atoms. The summed E-state index contributed by atoms with van der Waals surface area (Å²) >= 11 is 1.57. The number of hydrogen-bond donors (Lipinski definition) is 1. The van der Waals surface area contributed by atoms with Crippen molar-refractivity contribution in [2.45, 2.75) is 25.8 Å². The smallest absolute Gasteiger partial charge is 0.144 e. The summed E-state index contributed by atoms with van der Waals surface area (Å²) in [4.78, 5) is 5.85. The summed E-state index contributed by atoms with van der Waals surface area (Å²) in [6, 6.07) is 7.26. The highest BCUT2D eigenvalue weighted by molar-refractivity contribution is 7.16. The first-order valence-electron chi connectivity index (χ1n) is 6.67. The topological polar surface area (TPSA) is 43.8 Å². The van der Waals surface area contributed by atoms with Crippen LogP contribution in [0.2, 0.25) is 0 Å². The first kappa shape index (κ1) is 11.9. The van der Waals surface area contributed by atoms with Crippen LogP contribution in [0.15, 0.2) is 24.3 Å². The minimum Gasteiger partial charge on any atom is -0.390 e.